The van der Waals surface area contributed by atoms with Crippen LogP contribution in [-0.4, -0.2) is 33.7 Å². The summed E-state index contributed by atoms with van der Waals surface area (Å²) in [6.07, 6.45) is 1.57. The fourth-order valence-corrected chi connectivity index (χ4v) is 3.23. The SMILES string of the molecule is CC[C@H](C)NC(=O)Cn1nc(C(=O)N2c3ccccc3C[C@@H]2C)ccc1=O. The first-order valence-corrected chi connectivity index (χ1v) is 9.19. The van der Waals surface area contributed by atoms with Crippen molar-refractivity contribution in [3.05, 3.63) is 58.0 Å². The van der Waals surface area contributed by atoms with E-state index in [1.54, 1.807) is 4.90 Å². The summed E-state index contributed by atoms with van der Waals surface area (Å²) in [5, 5.41) is 6.94. The lowest BCUT2D eigenvalue weighted by molar-refractivity contribution is -0.122. The second kappa shape index (κ2) is 7.73. The number of carbonyl (C=O) groups excluding carboxylic acids is 2. The smallest absolute Gasteiger partial charge is 0.278 e. The minimum atomic E-state index is -0.416. The van der Waals surface area contributed by atoms with E-state index >= 15 is 0 Å². The van der Waals surface area contributed by atoms with Gasteiger partial charge in [0.15, 0.2) is 0 Å². The van der Waals surface area contributed by atoms with Crippen molar-refractivity contribution in [3.63, 3.8) is 0 Å². The number of hydrogen-bond acceptors (Lipinski definition) is 4. The fourth-order valence-electron chi connectivity index (χ4n) is 3.23. The molecule has 0 saturated carbocycles. The van der Waals surface area contributed by atoms with Crippen LogP contribution in [0, 0.1) is 0 Å². The molecule has 0 spiro atoms. The Labute approximate surface area is 158 Å². The van der Waals surface area contributed by atoms with Gasteiger partial charge in [-0.3, -0.25) is 14.4 Å². The van der Waals surface area contributed by atoms with Gasteiger partial charge in [-0.05, 0) is 44.4 Å². The van der Waals surface area contributed by atoms with Gasteiger partial charge in [0, 0.05) is 23.8 Å². The van der Waals surface area contributed by atoms with Crippen molar-refractivity contribution in [1.29, 1.82) is 0 Å². The highest BCUT2D eigenvalue weighted by Gasteiger charge is 2.32. The Morgan fingerprint density at radius 2 is 2.00 bits per heavy atom. The van der Waals surface area contributed by atoms with E-state index in [9.17, 15) is 14.4 Å². The number of nitrogens with one attached hydrogen (secondary N) is 1. The molecule has 0 fully saturated rings. The molecular weight excluding hydrogens is 344 g/mol. The highest BCUT2D eigenvalue weighted by molar-refractivity contribution is 6.06. The van der Waals surface area contributed by atoms with Crippen LogP contribution >= 0.6 is 0 Å². The highest BCUT2D eigenvalue weighted by Crippen LogP contribution is 2.32. The summed E-state index contributed by atoms with van der Waals surface area (Å²) < 4.78 is 1.04. The number of anilines is 1. The Morgan fingerprint density at radius 1 is 1.26 bits per heavy atom. The summed E-state index contributed by atoms with van der Waals surface area (Å²) in [7, 11) is 0. The lowest BCUT2D eigenvalue weighted by Crippen LogP contribution is -2.40. The number of carbonyl (C=O) groups is 2. The predicted molar refractivity (Wildman–Crippen MR) is 103 cm³/mol. The molecule has 2 amide bonds. The van der Waals surface area contributed by atoms with Gasteiger partial charge in [0.1, 0.15) is 12.2 Å². The molecule has 1 aromatic heterocycles. The number of aromatic nitrogens is 2. The number of amides is 2. The van der Waals surface area contributed by atoms with Crippen molar-refractivity contribution in [1.82, 2.24) is 15.1 Å². The summed E-state index contributed by atoms with van der Waals surface area (Å²) >= 11 is 0. The number of benzene rings is 1. The van der Waals surface area contributed by atoms with Gasteiger partial charge in [0.25, 0.3) is 11.5 Å². The van der Waals surface area contributed by atoms with Gasteiger partial charge in [-0.1, -0.05) is 25.1 Å². The first-order valence-electron chi connectivity index (χ1n) is 9.19. The largest absolute Gasteiger partial charge is 0.352 e. The monoisotopic (exact) mass is 368 g/mol. The van der Waals surface area contributed by atoms with Crippen LogP contribution in [0.2, 0.25) is 0 Å². The Kier molecular flexibility index (Phi) is 5.39. The van der Waals surface area contributed by atoms with Gasteiger partial charge >= 0.3 is 0 Å². The molecule has 1 N–H and O–H groups in total. The molecule has 0 unspecified atom stereocenters. The summed E-state index contributed by atoms with van der Waals surface area (Å²) in [6.45, 7) is 5.62. The van der Waals surface area contributed by atoms with Crippen LogP contribution in [-0.2, 0) is 17.8 Å². The van der Waals surface area contributed by atoms with Crippen LogP contribution < -0.4 is 15.8 Å². The molecule has 2 heterocycles. The maximum Gasteiger partial charge on any atom is 0.278 e. The van der Waals surface area contributed by atoms with Crippen molar-refractivity contribution in [2.75, 3.05) is 4.90 Å². The van der Waals surface area contributed by atoms with Crippen LogP contribution in [0.25, 0.3) is 0 Å². The molecule has 0 saturated heterocycles. The van der Waals surface area contributed by atoms with E-state index in [4.69, 9.17) is 0 Å². The van der Waals surface area contributed by atoms with Crippen molar-refractivity contribution in [2.45, 2.75) is 52.2 Å². The van der Waals surface area contributed by atoms with Crippen LogP contribution in [0.5, 0.6) is 0 Å². The third kappa shape index (κ3) is 3.92. The Hall–Kier alpha value is -2.96. The average Bonchev–Trinajstić information content (AvgIpc) is 2.98. The van der Waals surface area contributed by atoms with Gasteiger partial charge in [0.2, 0.25) is 5.91 Å². The number of hydrogen-bond donors (Lipinski definition) is 1. The molecule has 2 atom stereocenters. The number of fused-ring (bicyclic) bond motifs is 1. The van der Waals surface area contributed by atoms with Gasteiger partial charge in [0.05, 0.1) is 0 Å². The van der Waals surface area contributed by atoms with Crippen LogP contribution in [0.4, 0.5) is 5.69 Å². The van der Waals surface area contributed by atoms with E-state index in [0.29, 0.717) is 0 Å². The minimum absolute atomic E-state index is 0.00535. The zero-order chi connectivity index (χ0) is 19.6. The molecule has 0 aliphatic carbocycles. The molecule has 3 rings (SSSR count). The van der Waals surface area contributed by atoms with E-state index in [1.807, 2.05) is 45.0 Å². The van der Waals surface area contributed by atoms with Crippen LogP contribution in [0.15, 0.2) is 41.2 Å². The molecule has 1 aromatic carbocycles. The zero-order valence-electron chi connectivity index (χ0n) is 15.8. The second-order valence-electron chi connectivity index (χ2n) is 6.95. The number of para-hydroxylation sites is 1. The van der Waals surface area contributed by atoms with E-state index in [1.165, 1.54) is 12.1 Å². The second-order valence-corrected chi connectivity index (χ2v) is 6.95. The number of nitrogens with zero attached hydrogens (tertiary/aromatic N) is 3. The topological polar surface area (TPSA) is 84.3 Å². The Bertz CT molecular complexity index is 921. The quantitative estimate of drug-likeness (QED) is 0.871. The van der Waals surface area contributed by atoms with Gasteiger partial charge in [-0.2, -0.15) is 5.10 Å². The Morgan fingerprint density at radius 3 is 2.74 bits per heavy atom. The third-order valence-corrected chi connectivity index (χ3v) is 4.82. The zero-order valence-corrected chi connectivity index (χ0v) is 15.8. The van der Waals surface area contributed by atoms with E-state index in [-0.39, 0.29) is 36.1 Å². The molecule has 2 aromatic rings. The molecule has 7 nitrogen and oxygen atoms in total. The Balaban J connectivity index is 1.84. The van der Waals surface area contributed by atoms with E-state index in [2.05, 4.69) is 10.4 Å². The van der Waals surface area contributed by atoms with Gasteiger partial charge < -0.3 is 10.2 Å². The summed E-state index contributed by atoms with van der Waals surface area (Å²) in [5.41, 5.74) is 1.71. The van der Waals surface area contributed by atoms with Crippen LogP contribution in [0.3, 0.4) is 0 Å². The molecule has 27 heavy (non-hydrogen) atoms. The normalized spacial score (nSPS) is 16.7. The van der Waals surface area contributed by atoms with Crippen molar-refractivity contribution >= 4 is 17.5 Å². The molecule has 7 heteroatoms. The average molecular weight is 368 g/mol. The standard InChI is InChI=1S/C20H24N4O3/c1-4-13(2)21-18(25)12-23-19(26)10-9-16(22-23)20(27)24-14(3)11-15-7-5-6-8-17(15)24/h5-10,13-14H,4,11-12H2,1-3H3,(H,21,25)/t13-,14-/m0/s1. The molecule has 0 bridgehead atoms. The van der Waals surface area contributed by atoms with Gasteiger partial charge in [-0.15, -0.1) is 0 Å². The molecule has 1 aliphatic heterocycles. The molecule has 142 valence electrons. The van der Waals surface area contributed by atoms with Crippen molar-refractivity contribution in [3.8, 4) is 0 Å². The highest BCUT2D eigenvalue weighted by atomic mass is 16.2. The van der Waals surface area contributed by atoms with Crippen molar-refractivity contribution < 1.29 is 9.59 Å². The molecule has 1 aliphatic rings. The van der Waals surface area contributed by atoms with Gasteiger partial charge in [-0.25, -0.2) is 4.68 Å². The maximum absolute atomic E-state index is 13.0. The minimum Gasteiger partial charge on any atom is -0.352 e. The lowest BCUT2D eigenvalue weighted by Gasteiger charge is -2.22. The van der Waals surface area contributed by atoms with E-state index < -0.39 is 5.56 Å². The fraction of sp³-hybridized carbons (Fsp3) is 0.400. The number of rotatable bonds is 5. The first kappa shape index (κ1) is 18.8. The lowest BCUT2D eigenvalue weighted by atomic mass is 10.1. The van der Waals surface area contributed by atoms with Crippen LogP contribution in [0.1, 0.15) is 43.2 Å². The predicted octanol–water partition coefficient (Wildman–Crippen LogP) is 1.75. The van der Waals surface area contributed by atoms with Crippen molar-refractivity contribution in [2.24, 2.45) is 0 Å². The summed E-state index contributed by atoms with van der Waals surface area (Å²) in [6, 6.07) is 10.5. The molecule has 0 radical (unpaired) electrons. The first-order chi connectivity index (χ1) is 12.9. The molecular formula is C20H24N4O3. The summed E-state index contributed by atoms with van der Waals surface area (Å²) in [4.78, 5) is 38.9. The van der Waals surface area contributed by atoms with E-state index in [0.717, 1.165) is 28.8 Å². The summed E-state index contributed by atoms with van der Waals surface area (Å²) in [5.74, 6) is -0.577. The maximum atomic E-state index is 13.0. The third-order valence-electron chi connectivity index (χ3n) is 4.82.